The number of hydrogen-bond acceptors (Lipinski definition) is 4. The number of aromatic hydroxyl groups is 4. The highest BCUT2D eigenvalue weighted by molar-refractivity contribution is 6.01. The minimum absolute atomic E-state index is 0.0333. The summed E-state index contributed by atoms with van der Waals surface area (Å²) in [5, 5.41) is 46.5. The van der Waals surface area contributed by atoms with E-state index < -0.39 is 5.41 Å². The van der Waals surface area contributed by atoms with Crippen LogP contribution < -0.4 is 0 Å². The fraction of sp³-hybridized carbons (Fsp3) is 0.0909. The molecule has 4 heteroatoms. The number of fused-ring (bicyclic) bond motifs is 4. The van der Waals surface area contributed by atoms with Gasteiger partial charge in [0.1, 0.15) is 17.2 Å². The molecule has 0 amide bonds. The molecule has 0 bridgehead atoms. The molecule has 37 heavy (non-hydrogen) atoms. The minimum atomic E-state index is -1.05. The highest BCUT2D eigenvalue weighted by Gasteiger charge is 2.51. The Bertz CT molecular complexity index is 1740. The highest BCUT2D eigenvalue weighted by Crippen LogP contribution is 2.62. The summed E-state index contributed by atoms with van der Waals surface area (Å²) in [6.45, 7) is 0. The van der Waals surface area contributed by atoms with E-state index in [0.29, 0.717) is 21.9 Å². The first-order valence-corrected chi connectivity index (χ1v) is 12.2. The molecule has 1 unspecified atom stereocenters. The van der Waals surface area contributed by atoms with Crippen molar-refractivity contribution in [3.8, 4) is 23.0 Å². The van der Waals surface area contributed by atoms with Crippen LogP contribution in [0.3, 0.4) is 0 Å². The van der Waals surface area contributed by atoms with Crippen molar-refractivity contribution in [2.24, 2.45) is 0 Å². The van der Waals surface area contributed by atoms with Gasteiger partial charge in [-0.2, -0.15) is 0 Å². The number of phenols is 3. The summed E-state index contributed by atoms with van der Waals surface area (Å²) < 4.78 is 0. The van der Waals surface area contributed by atoms with Crippen LogP contribution in [0.15, 0.2) is 90.5 Å². The lowest BCUT2D eigenvalue weighted by molar-refractivity contribution is 0.447. The van der Waals surface area contributed by atoms with Crippen molar-refractivity contribution in [3.05, 3.63) is 125 Å². The number of benzene rings is 4. The topological polar surface area (TPSA) is 80.9 Å². The van der Waals surface area contributed by atoms with Gasteiger partial charge in [-0.05, 0) is 93.7 Å². The summed E-state index contributed by atoms with van der Waals surface area (Å²) in [6, 6.07) is 27.6. The third-order valence-corrected chi connectivity index (χ3v) is 7.80. The number of phenolic OH excluding ortho intramolecular Hbond substituents is 3. The Hall–Kier alpha value is -4.88. The molecule has 4 nitrogen and oxygen atoms in total. The summed E-state index contributed by atoms with van der Waals surface area (Å²) in [5.41, 5.74) is 4.33. The average Bonchev–Trinajstić information content (AvgIpc) is 3.20. The van der Waals surface area contributed by atoms with Crippen molar-refractivity contribution in [1.82, 2.24) is 0 Å². The second kappa shape index (κ2) is 7.56. The maximum Gasteiger partial charge on any atom is 0.168 e. The van der Waals surface area contributed by atoms with E-state index in [2.05, 4.69) is 36.4 Å². The molecule has 0 saturated heterocycles. The lowest BCUT2D eigenvalue weighted by atomic mass is 9.63. The number of rotatable bonds is 2. The van der Waals surface area contributed by atoms with Crippen LogP contribution in [0.5, 0.6) is 23.0 Å². The minimum Gasteiger partial charge on any atom is -0.508 e. The largest absolute Gasteiger partial charge is 0.508 e. The summed E-state index contributed by atoms with van der Waals surface area (Å²) in [4.78, 5) is 0. The zero-order chi connectivity index (χ0) is 25.3. The van der Waals surface area contributed by atoms with E-state index in [0.717, 1.165) is 45.9 Å². The smallest absolute Gasteiger partial charge is 0.168 e. The van der Waals surface area contributed by atoms with Crippen molar-refractivity contribution in [2.75, 3.05) is 0 Å². The van der Waals surface area contributed by atoms with E-state index in [9.17, 15) is 20.4 Å². The molecule has 1 atom stereocenters. The van der Waals surface area contributed by atoms with Gasteiger partial charge in [0.15, 0.2) is 5.75 Å². The molecule has 178 valence electrons. The van der Waals surface area contributed by atoms with Gasteiger partial charge in [0.2, 0.25) is 0 Å². The van der Waals surface area contributed by atoms with Crippen molar-refractivity contribution >= 4 is 27.1 Å². The second-order valence-electron chi connectivity index (χ2n) is 9.70. The van der Waals surface area contributed by atoms with Gasteiger partial charge in [0.05, 0.1) is 5.41 Å². The summed E-state index contributed by atoms with van der Waals surface area (Å²) in [7, 11) is 0. The SMILES string of the molecule is Oc1c#cc2c(C3(c4c(O)ccc5cc(O)ccc45)C4=C(C=CCC4)c4ccccc43)c(O)ccc2c1. The average molecular weight is 483 g/mol. The zero-order valence-corrected chi connectivity index (χ0v) is 19.8. The molecule has 5 aromatic rings. The molecule has 5 aromatic carbocycles. The third kappa shape index (κ3) is 2.80. The molecule has 2 aliphatic rings. The van der Waals surface area contributed by atoms with Gasteiger partial charge >= 0.3 is 0 Å². The van der Waals surface area contributed by atoms with Crippen LogP contribution in [0.4, 0.5) is 0 Å². The Morgan fingerprint density at radius 3 is 2.38 bits per heavy atom. The van der Waals surface area contributed by atoms with Crippen molar-refractivity contribution < 1.29 is 20.4 Å². The number of hydrogen-bond donors (Lipinski definition) is 4. The molecule has 7 rings (SSSR count). The molecular formula is C33H22O4. The molecular weight excluding hydrogens is 460 g/mol. The first-order chi connectivity index (χ1) is 18.0. The molecule has 0 radical (unpaired) electrons. The van der Waals surface area contributed by atoms with Crippen LogP contribution in [0.1, 0.15) is 35.1 Å². The van der Waals surface area contributed by atoms with Crippen LogP contribution in [-0.4, -0.2) is 20.4 Å². The third-order valence-electron chi connectivity index (χ3n) is 7.80. The summed E-state index contributed by atoms with van der Waals surface area (Å²) in [6.07, 6.45) is 5.85. The van der Waals surface area contributed by atoms with Gasteiger partial charge < -0.3 is 20.4 Å². The van der Waals surface area contributed by atoms with E-state index in [1.807, 2.05) is 18.2 Å². The molecule has 0 aliphatic heterocycles. The predicted octanol–water partition coefficient (Wildman–Crippen LogP) is 6.87. The van der Waals surface area contributed by atoms with Crippen LogP contribution in [0.25, 0.3) is 27.1 Å². The maximum atomic E-state index is 11.6. The highest BCUT2D eigenvalue weighted by atomic mass is 16.3. The maximum absolute atomic E-state index is 11.6. The predicted molar refractivity (Wildman–Crippen MR) is 144 cm³/mol. The number of allylic oxidation sites excluding steroid dienone is 4. The van der Waals surface area contributed by atoms with E-state index in [4.69, 9.17) is 0 Å². The van der Waals surface area contributed by atoms with E-state index in [1.165, 1.54) is 0 Å². The summed E-state index contributed by atoms with van der Waals surface area (Å²) >= 11 is 0. The molecule has 2 aliphatic carbocycles. The van der Waals surface area contributed by atoms with Gasteiger partial charge in [-0.3, -0.25) is 0 Å². The lowest BCUT2D eigenvalue weighted by Crippen LogP contribution is -2.31. The molecule has 4 N–H and O–H groups in total. The van der Waals surface area contributed by atoms with Crippen LogP contribution in [0, 0.1) is 12.1 Å². The van der Waals surface area contributed by atoms with E-state index in [-0.39, 0.29) is 23.0 Å². The van der Waals surface area contributed by atoms with Crippen LogP contribution >= 0.6 is 0 Å². The summed E-state index contributed by atoms with van der Waals surface area (Å²) in [5.74, 6) is 0.262. The second-order valence-corrected chi connectivity index (χ2v) is 9.70. The first-order valence-electron chi connectivity index (χ1n) is 12.2. The standard InChI is InChI=1S/C33H22O4/c34-21-11-13-23-19(17-21)9-15-29(36)31(23)33(32-24-14-12-22(35)18-20(24)10-16-30(32)37)27-7-3-1-5-25(27)26-6-2-4-8-28(26)33/h1-3,5-7,9-11,13,15-18,34-37H,4,8H2. The van der Waals surface area contributed by atoms with Crippen molar-refractivity contribution in [1.29, 1.82) is 0 Å². The van der Waals surface area contributed by atoms with Crippen molar-refractivity contribution in [3.63, 3.8) is 0 Å². The van der Waals surface area contributed by atoms with Gasteiger partial charge in [-0.15, -0.1) is 0 Å². The molecule has 0 saturated carbocycles. The Morgan fingerprint density at radius 2 is 1.51 bits per heavy atom. The lowest BCUT2D eigenvalue weighted by Gasteiger charge is -2.38. The van der Waals surface area contributed by atoms with Gasteiger partial charge in [-0.25, -0.2) is 0 Å². The van der Waals surface area contributed by atoms with Gasteiger partial charge in [-0.1, -0.05) is 54.6 Å². The van der Waals surface area contributed by atoms with Crippen LogP contribution in [0.2, 0.25) is 0 Å². The van der Waals surface area contributed by atoms with Crippen LogP contribution in [-0.2, 0) is 5.41 Å². The van der Waals surface area contributed by atoms with E-state index >= 15 is 0 Å². The monoisotopic (exact) mass is 482 g/mol. The molecule has 0 spiro atoms. The Balaban J connectivity index is 1.77. The normalized spacial score (nSPS) is 15.6. The Morgan fingerprint density at radius 1 is 0.730 bits per heavy atom. The Kier molecular flexibility index (Phi) is 4.37. The fourth-order valence-corrected chi connectivity index (χ4v) is 6.46. The van der Waals surface area contributed by atoms with Crippen molar-refractivity contribution in [2.45, 2.75) is 18.3 Å². The van der Waals surface area contributed by atoms with E-state index in [1.54, 1.807) is 42.5 Å². The van der Waals surface area contributed by atoms with Gasteiger partial charge in [0.25, 0.3) is 0 Å². The molecule has 0 aromatic heterocycles. The zero-order valence-electron chi connectivity index (χ0n) is 19.8. The first kappa shape index (κ1) is 21.4. The fourth-order valence-electron chi connectivity index (χ4n) is 6.46. The molecule has 0 heterocycles. The Labute approximate surface area is 213 Å². The molecule has 0 fully saturated rings. The van der Waals surface area contributed by atoms with Gasteiger partial charge in [0, 0.05) is 16.5 Å². The quantitative estimate of drug-likeness (QED) is 0.221.